The lowest BCUT2D eigenvalue weighted by molar-refractivity contribution is -0.121. The van der Waals surface area contributed by atoms with Crippen molar-refractivity contribution in [3.8, 4) is 0 Å². The minimum absolute atomic E-state index is 0.0734. The lowest BCUT2D eigenvalue weighted by atomic mass is 10.1. The third-order valence-corrected chi connectivity index (χ3v) is 2.47. The van der Waals surface area contributed by atoms with Gasteiger partial charge in [-0.3, -0.25) is 4.79 Å². The van der Waals surface area contributed by atoms with Crippen LogP contribution in [-0.2, 0) is 11.2 Å². The van der Waals surface area contributed by atoms with E-state index in [-0.39, 0.29) is 11.9 Å². The van der Waals surface area contributed by atoms with E-state index in [2.05, 4.69) is 17.4 Å². The highest BCUT2D eigenvalue weighted by Crippen LogP contribution is 2.04. The summed E-state index contributed by atoms with van der Waals surface area (Å²) in [5.41, 5.74) is 6.71. The molecular formula is C13H20N2O. The van der Waals surface area contributed by atoms with E-state index < -0.39 is 0 Å². The van der Waals surface area contributed by atoms with E-state index in [1.165, 1.54) is 5.56 Å². The average molecular weight is 220 g/mol. The Morgan fingerprint density at radius 2 is 2.06 bits per heavy atom. The van der Waals surface area contributed by atoms with Crippen molar-refractivity contribution in [1.29, 1.82) is 0 Å². The standard InChI is InChI=1S/C13H20N2O/c1-11(10-14)15-13(16)9-5-8-12-6-3-2-4-7-12/h2-4,6-7,11H,5,8-10,14H2,1H3,(H,15,16)/t11-/m1/s1. The van der Waals surface area contributed by atoms with E-state index in [1.54, 1.807) is 0 Å². The highest BCUT2D eigenvalue weighted by Gasteiger charge is 2.04. The number of nitrogens with one attached hydrogen (secondary N) is 1. The Labute approximate surface area is 97.0 Å². The molecule has 3 heteroatoms. The van der Waals surface area contributed by atoms with Crippen molar-refractivity contribution in [2.75, 3.05) is 6.54 Å². The average Bonchev–Trinajstić information content (AvgIpc) is 2.30. The van der Waals surface area contributed by atoms with Gasteiger partial charge in [0, 0.05) is 19.0 Å². The van der Waals surface area contributed by atoms with Crippen LogP contribution in [0.15, 0.2) is 30.3 Å². The van der Waals surface area contributed by atoms with Crippen molar-refractivity contribution in [3.63, 3.8) is 0 Å². The van der Waals surface area contributed by atoms with E-state index in [4.69, 9.17) is 5.73 Å². The van der Waals surface area contributed by atoms with E-state index in [1.807, 2.05) is 25.1 Å². The summed E-state index contributed by atoms with van der Waals surface area (Å²) in [5.74, 6) is 0.0916. The first-order chi connectivity index (χ1) is 7.72. The minimum atomic E-state index is 0.0734. The number of benzene rings is 1. The van der Waals surface area contributed by atoms with E-state index >= 15 is 0 Å². The largest absolute Gasteiger partial charge is 0.352 e. The molecule has 3 N–H and O–H groups in total. The Balaban J connectivity index is 2.18. The summed E-state index contributed by atoms with van der Waals surface area (Å²) in [4.78, 5) is 11.4. The summed E-state index contributed by atoms with van der Waals surface area (Å²) < 4.78 is 0. The molecule has 0 radical (unpaired) electrons. The predicted molar refractivity (Wildman–Crippen MR) is 66.0 cm³/mol. The SMILES string of the molecule is C[C@H](CN)NC(=O)CCCc1ccccc1. The first-order valence-corrected chi connectivity index (χ1v) is 5.75. The molecule has 0 aromatic heterocycles. The van der Waals surface area contributed by atoms with Gasteiger partial charge >= 0.3 is 0 Å². The van der Waals surface area contributed by atoms with Crippen molar-refractivity contribution >= 4 is 5.91 Å². The van der Waals surface area contributed by atoms with Crippen LogP contribution in [0.5, 0.6) is 0 Å². The molecule has 1 rings (SSSR count). The topological polar surface area (TPSA) is 55.1 Å². The van der Waals surface area contributed by atoms with Crippen molar-refractivity contribution < 1.29 is 4.79 Å². The van der Waals surface area contributed by atoms with Crippen LogP contribution in [0.3, 0.4) is 0 Å². The zero-order valence-electron chi connectivity index (χ0n) is 9.78. The molecule has 0 aliphatic carbocycles. The molecule has 88 valence electrons. The van der Waals surface area contributed by atoms with Crippen molar-refractivity contribution in [2.24, 2.45) is 5.73 Å². The number of nitrogens with two attached hydrogens (primary N) is 1. The Morgan fingerprint density at radius 3 is 2.69 bits per heavy atom. The fraction of sp³-hybridized carbons (Fsp3) is 0.462. The quantitative estimate of drug-likeness (QED) is 0.763. The van der Waals surface area contributed by atoms with Crippen LogP contribution < -0.4 is 11.1 Å². The number of carbonyl (C=O) groups is 1. The summed E-state index contributed by atoms with van der Waals surface area (Å²) >= 11 is 0. The van der Waals surface area contributed by atoms with E-state index in [9.17, 15) is 4.79 Å². The van der Waals surface area contributed by atoms with Gasteiger partial charge in [0.2, 0.25) is 5.91 Å². The van der Waals surface area contributed by atoms with Gasteiger partial charge in [0.05, 0.1) is 0 Å². The van der Waals surface area contributed by atoms with Gasteiger partial charge in [-0.05, 0) is 25.3 Å². The van der Waals surface area contributed by atoms with Gasteiger partial charge < -0.3 is 11.1 Å². The minimum Gasteiger partial charge on any atom is -0.352 e. The number of carbonyl (C=O) groups excluding carboxylic acids is 1. The lowest BCUT2D eigenvalue weighted by Crippen LogP contribution is -2.37. The van der Waals surface area contributed by atoms with Crippen LogP contribution in [-0.4, -0.2) is 18.5 Å². The molecule has 1 amide bonds. The Kier molecular flexibility index (Phi) is 5.57. The molecule has 0 aliphatic heterocycles. The van der Waals surface area contributed by atoms with Gasteiger partial charge in [-0.2, -0.15) is 0 Å². The number of hydrogen-bond donors (Lipinski definition) is 2. The molecule has 0 heterocycles. The van der Waals surface area contributed by atoms with Crippen LogP contribution in [0, 0.1) is 0 Å². The second-order valence-corrected chi connectivity index (χ2v) is 4.04. The zero-order valence-corrected chi connectivity index (χ0v) is 9.78. The molecule has 1 aromatic rings. The van der Waals surface area contributed by atoms with Gasteiger partial charge in [-0.15, -0.1) is 0 Å². The monoisotopic (exact) mass is 220 g/mol. The van der Waals surface area contributed by atoms with Crippen LogP contribution in [0.4, 0.5) is 0 Å². The molecule has 0 saturated heterocycles. The van der Waals surface area contributed by atoms with Gasteiger partial charge in [0.1, 0.15) is 0 Å². The second kappa shape index (κ2) is 7.01. The molecule has 0 spiro atoms. The lowest BCUT2D eigenvalue weighted by Gasteiger charge is -2.10. The fourth-order valence-electron chi connectivity index (χ4n) is 1.50. The summed E-state index contributed by atoms with van der Waals surface area (Å²) in [6, 6.07) is 10.3. The number of aryl methyl sites for hydroxylation is 1. The molecule has 16 heavy (non-hydrogen) atoms. The highest BCUT2D eigenvalue weighted by molar-refractivity contribution is 5.76. The third kappa shape index (κ3) is 4.94. The molecule has 0 bridgehead atoms. The molecule has 0 saturated carbocycles. The van der Waals surface area contributed by atoms with E-state index in [0.29, 0.717) is 13.0 Å². The highest BCUT2D eigenvalue weighted by atomic mass is 16.1. The van der Waals surface area contributed by atoms with Gasteiger partial charge in [0.25, 0.3) is 0 Å². The van der Waals surface area contributed by atoms with Gasteiger partial charge in [0.15, 0.2) is 0 Å². The first-order valence-electron chi connectivity index (χ1n) is 5.75. The number of rotatable bonds is 6. The Bertz CT molecular complexity index is 311. The molecule has 0 aliphatic rings. The van der Waals surface area contributed by atoms with Crippen LogP contribution in [0.2, 0.25) is 0 Å². The maximum absolute atomic E-state index is 11.4. The summed E-state index contributed by atoms with van der Waals surface area (Å²) in [5, 5.41) is 2.85. The zero-order chi connectivity index (χ0) is 11.8. The van der Waals surface area contributed by atoms with Crippen molar-refractivity contribution in [1.82, 2.24) is 5.32 Å². The molecule has 0 unspecified atom stereocenters. The first kappa shape index (κ1) is 12.7. The molecular weight excluding hydrogens is 200 g/mol. The molecule has 1 aromatic carbocycles. The second-order valence-electron chi connectivity index (χ2n) is 4.04. The van der Waals surface area contributed by atoms with E-state index in [0.717, 1.165) is 12.8 Å². The Hall–Kier alpha value is -1.35. The van der Waals surface area contributed by atoms with Crippen LogP contribution in [0.1, 0.15) is 25.3 Å². The van der Waals surface area contributed by atoms with Crippen LogP contribution >= 0.6 is 0 Å². The van der Waals surface area contributed by atoms with Crippen molar-refractivity contribution in [2.45, 2.75) is 32.2 Å². The van der Waals surface area contributed by atoms with Gasteiger partial charge in [-0.1, -0.05) is 30.3 Å². The summed E-state index contributed by atoms with van der Waals surface area (Å²) in [6.45, 7) is 2.40. The molecule has 3 nitrogen and oxygen atoms in total. The van der Waals surface area contributed by atoms with Crippen LogP contribution in [0.25, 0.3) is 0 Å². The normalized spacial score (nSPS) is 12.1. The third-order valence-electron chi connectivity index (χ3n) is 2.47. The predicted octanol–water partition coefficient (Wildman–Crippen LogP) is 1.47. The maximum atomic E-state index is 11.4. The summed E-state index contributed by atoms with van der Waals surface area (Å²) in [7, 11) is 0. The maximum Gasteiger partial charge on any atom is 0.220 e. The number of amides is 1. The van der Waals surface area contributed by atoms with Crippen molar-refractivity contribution in [3.05, 3.63) is 35.9 Å². The number of hydrogen-bond acceptors (Lipinski definition) is 2. The summed E-state index contributed by atoms with van der Waals surface area (Å²) in [6.07, 6.45) is 2.40. The molecule has 1 atom stereocenters. The molecule has 0 fully saturated rings. The smallest absolute Gasteiger partial charge is 0.220 e. The Morgan fingerprint density at radius 1 is 1.38 bits per heavy atom. The fourth-order valence-corrected chi connectivity index (χ4v) is 1.50. The van der Waals surface area contributed by atoms with Gasteiger partial charge in [-0.25, -0.2) is 0 Å².